The lowest BCUT2D eigenvalue weighted by atomic mass is 10.0. The molecule has 0 spiro atoms. The summed E-state index contributed by atoms with van der Waals surface area (Å²) in [6.45, 7) is 10.9. The summed E-state index contributed by atoms with van der Waals surface area (Å²) in [5, 5.41) is 0. The number of fused-ring (bicyclic) bond motifs is 1. The number of hydrogen-bond acceptors (Lipinski definition) is 5. The second kappa shape index (κ2) is 8.12. The smallest absolute Gasteiger partial charge is 0.236 e. The fraction of sp³-hybridized carbons (Fsp3) is 0.684. The third-order valence-electron chi connectivity index (χ3n) is 5.56. The zero-order valence-corrected chi connectivity index (χ0v) is 16.1. The summed E-state index contributed by atoms with van der Waals surface area (Å²) in [5.41, 5.74) is 2.10. The summed E-state index contributed by atoms with van der Waals surface area (Å²) in [6.07, 6.45) is 3.57. The molecule has 2 amide bonds. The number of likely N-dealkylation sites (tertiary alicyclic amines) is 1. The van der Waals surface area contributed by atoms with Gasteiger partial charge in [-0.3, -0.25) is 14.5 Å². The molecule has 1 unspecified atom stereocenters. The van der Waals surface area contributed by atoms with Crippen LogP contribution in [0.5, 0.6) is 0 Å². The molecular weight excluding hydrogens is 330 g/mol. The second-order valence-electron chi connectivity index (χ2n) is 7.18. The molecule has 7 nitrogen and oxygen atoms in total. The van der Waals surface area contributed by atoms with Crippen LogP contribution in [0.15, 0.2) is 6.20 Å². The SMILES string of the molecule is CCN(CC)CC(=O)N1CCC(c2ncc3c(n2)CCN(C(C)=O)C3)C1. The number of amides is 2. The molecule has 142 valence electrons. The van der Waals surface area contributed by atoms with Crippen LogP contribution in [0.25, 0.3) is 0 Å². The van der Waals surface area contributed by atoms with Crippen LogP contribution in [0, 0.1) is 0 Å². The largest absolute Gasteiger partial charge is 0.341 e. The quantitative estimate of drug-likeness (QED) is 0.786. The first kappa shape index (κ1) is 18.8. The first-order valence-corrected chi connectivity index (χ1v) is 9.62. The monoisotopic (exact) mass is 359 g/mol. The molecule has 0 saturated carbocycles. The number of carbonyl (C=O) groups excluding carboxylic acids is 2. The molecule has 1 saturated heterocycles. The summed E-state index contributed by atoms with van der Waals surface area (Å²) in [5.74, 6) is 1.36. The van der Waals surface area contributed by atoms with Crippen molar-refractivity contribution >= 4 is 11.8 Å². The number of nitrogens with zero attached hydrogens (tertiary/aromatic N) is 5. The highest BCUT2D eigenvalue weighted by Crippen LogP contribution is 2.26. The molecule has 2 aliphatic heterocycles. The highest BCUT2D eigenvalue weighted by Gasteiger charge is 2.30. The summed E-state index contributed by atoms with van der Waals surface area (Å²) in [4.78, 5) is 39.3. The minimum atomic E-state index is 0.0953. The maximum absolute atomic E-state index is 12.5. The molecule has 0 radical (unpaired) electrons. The summed E-state index contributed by atoms with van der Waals surface area (Å²) in [6, 6.07) is 0. The Morgan fingerprint density at radius 3 is 2.69 bits per heavy atom. The maximum atomic E-state index is 12.5. The molecule has 1 fully saturated rings. The van der Waals surface area contributed by atoms with Gasteiger partial charge in [0.15, 0.2) is 0 Å². The van der Waals surface area contributed by atoms with E-state index in [0.29, 0.717) is 19.6 Å². The van der Waals surface area contributed by atoms with Crippen molar-refractivity contribution in [3.05, 3.63) is 23.3 Å². The molecule has 0 aromatic carbocycles. The van der Waals surface area contributed by atoms with Gasteiger partial charge >= 0.3 is 0 Å². The van der Waals surface area contributed by atoms with Gasteiger partial charge in [0, 0.05) is 57.2 Å². The van der Waals surface area contributed by atoms with E-state index in [1.807, 2.05) is 16.0 Å². The third-order valence-corrected chi connectivity index (χ3v) is 5.56. The van der Waals surface area contributed by atoms with Crippen molar-refractivity contribution in [1.29, 1.82) is 0 Å². The van der Waals surface area contributed by atoms with Crippen LogP contribution >= 0.6 is 0 Å². The number of likely N-dealkylation sites (N-methyl/N-ethyl adjacent to an activating group) is 1. The normalized spacial score (nSPS) is 19.8. The maximum Gasteiger partial charge on any atom is 0.236 e. The van der Waals surface area contributed by atoms with Crippen LogP contribution in [-0.2, 0) is 22.6 Å². The van der Waals surface area contributed by atoms with Gasteiger partial charge in [-0.2, -0.15) is 0 Å². The van der Waals surface area contributed by atoms with E-state index < -0.39 is 0 Å². The average Bonchev–Trinajstić information content (AvgIpc) is 3.15. The Morgan fingerprint density at radius 2 is 2.00 bits per heavy atom. The summed E-state index contributed by atoms with van der Waals surface area (Å²) in [7, 11) is 0. The molecule has 1 aromatic rings. The van der Waals surface area contributed by atoms with E-state index in [2.05, 4.69) is 23.7 Å². The summed E-state index contributed by atoms with van der Waals surface area (Å²) >= 11 is 0. The molecular formula is C19H29N5O2. The molecule has 1 aromatic heterocycles. The van der Waals surface area contributed by atoms with Gasteiger partial charge in [-0.1, -0.05) is 13.8 Å². The summed E-state index contributed by atoms with van der Waals surface area (Å²) < 4.78 is 0. The minimum Gasteiger partial charge on any atom is -0.341 e. The molecule has 3 rings (SSSR count). The fourth-order valence-corrected chi connectivity index (χ4v) is 3.73. The van der Waals surface area contributed by atoms with Gasteiger partial charge in [-0.15, -0.1) is 0 Å². The predicted molar refractivity (Wildman–Crippen MR) is 98.6 cm³/mol. The lowest BCUT2D eigenvalue weighted by Gasteiger charge is -2.27. The van der Waals surface area contributed by atoms with Gasteiger partial charge in [0.2, 0.25) is 11.8 Å². The van der Waals surface area contributed by atoms with E-state index in [1.165, 1.54) is 0 Å². The Morgan fingerprint density at radius 1 is 1.23 bits per heavy atom. The van der Waals surface area contributed by atoms with Gasteiger partial charge < -0.3 is 9.80 Å². The molecule has 0 N–H and O–H groups in total. The zero-order valence-electron chi connectivity index (χ0n) is 16.1. The first-order chi connectivity index (χ1) is 12.5. The predicted octanol–water partition coefficient (Wildman–Crippen LogP) is 1.04. The minimum absolute atomic E-state index is 0.0953. The number of hydrogen-bond donors (Lipinski definition) is 0. The van der Waals surface area contributed by atoms with Crippen molar-refractivity contribution in [3.8, 4) is 0 Å². The third kappa shape index (κ3) is 4.03. The molecule has 0 aliphatic carbocycles. The van der Waals surface area contributed by atoms with E-state index in [0.717, 1.165) is 56.1 Å². The molecule has 0 bridgehead atoms. The van der Waals surface area contributed by atoms with Crippen LogP contribution in [0.3, 0.4) is 0 Å². The van der Waals surface area contributed by atoms with Crippen LogP contribution in [0.4, 0.5) is 0 Å². The Balaban J connectivity index is 1.63. The highest BCUT2D eigenvalue weighted by atomic mass is 16.2. The van der Waals surface area contributed by atoms with Gasteiger partial charge in [0.25, 0.3) is 0 Å². The van der Waals surface area contributed by atoms with Gasteiger partial charge in [0.05, 0.1) is 12.2 Å². The molecule has 26 heavy (non-hydrogen) atoms. The lowest BCUT2D eigenvalue weighted by molar-refractivity contribution is -0.131. The Labute approximate surface area is 155 Å². The van der Waals surface area contributed by atoms with Crippen LogP contribution < -0.4 is 0 Å². The van der Waals surface area contributed by atoms with Crippen LogP contribution in [0.2, 0.25) is 0 Å². The Hall–Kier alpha value is -2.02. The zero-order chi connectivity index (χ0) is 18.7. The van der Waals surface area contributed by atoms with Crippen molar-refractivity contribution in [2.75, 3.05) is 39.3 Å². The lowest BCUT2D eigenvalue weighted by Crippen LogP contribution is -2.39. The standard InChI is InChI=1S/C19H29N5O2/c1-4-22(5-2)13-18(26)24-8-6-15(11-24)19-20-10-16-12-23(14(3)25)9-7-17(16)21-19/h10,15H,4-9,11-13H2,1-3H3. The fourth-order valence-electron chi connectivity index (χ4n) is 3.73. The van der Waals surface area contributed by atoms with Gasteiger partial charge in [-0.25, -0.2) is 9.97 Å². The van der Waals surface area contributed by atoms with Crippen molar-refractivity contribution < 1.29 is 9.59 Å². The average molecular weight is 359 g/mol. The Kier molecular flexibility index (Phi) is 5.86. The van der Waals surface area contributed by atoms with Gasteiger partial charge in [0.1, 0.15) is 5.82 Å². The van der Waals surface area contributed by atoms with Crippen molar-refractivity contribution in [3.63, 3.8) is 0 Å². The van der Waals surface area contributed by atoms with Crippen molar-refractivity contribution in [2.45, 2.75) is 46.1 Å². The van der Waals surface area contributed by atoms with E-state index in [4.69, 9.17) is 4.98 Å². The Bertz CT molecular complexity index is 674. The van der Waals surface area contributed by atoms with Crippen molar-refractivity contribution in [1.82, 2.24) is 24.7 Å². The number of aromatic nitrogens is 2. The second-order valence-corrected chi connectivity index (χ2v) is 7.18. The number of carbonyl (C=O) groups is 2. The van der Waals surface area contributed by atoms with Crippen LogP contribution in [-0.4, -0.2) is 75.8 Å². The number of rotatable bonds is 5. The molecule has 2 aliphatic rings. The van der Waals surface area contributed by atoms with E-state index in [9.17, 15) is 9.59 Å². The van der Waals surface area contributed by atoms with Crippen LogP contribution in [0.1, 0.15) is 50.2 Å². The highest BCUT2D eigenvalue weighted by molar-refractivity contribution is 5.78. The molecule has 7 heteroatoms. The van der Waals surface area contributed by atoms with E-state index in [-0.39, 0.29) is 17.7 Å². The van der Waals surface area contributed by atoms with Gasteiger partial charge in [-0.05, 0) is 19.5 Å². The van der Waals surface area contributed by atoms with Crippen molar-refractivity contribution in [2.24, 2.45) is 0 Å². The first-order valence-electron chi connectivity index (χ1n) is 9.62. The molecule has 1 atom stereocenters. The molecule has 3 heterocycles. The topological polar surface area (TPSA) is 69.6 Å². The van der Waals surface area contributed by atoms with E-state index in [1.54, 1.807) is 6.92 Å². The van der Waals surface area contributed by atoms with E-state index >= 15 is 0 Å².